The number of aryl methyl sites for hydroxylation is 2. The normalized spacial score (nSPS) is 23.1. The fourth-order valence-corrected chi connectivity index (χ4v) is 6.80. The molecule has 0 bridgehead atoms. The summed E-state index contributed by atoms with van der Waals surface area (Å²) < 4.78 is 0. The van der Waals surface area contributed by atoms with Gasteiger partial charge in [-0.1, -0.05) is 61.4 Å². The fourth-order valence-electron chi connectivity index (χ4n) is 6.80. The van der Waals surface area contributed by atoms with Crippen LogP contribution in [-0.2, 0) is 4.79 Å². The minimum Gasteiger partial charge on any atom is -0.349 e. The van der Waals surface area contributed by atoms with Crippen LogP contribution in [0.25, 0.3) is 0 Å². The van der Waals surface area contributed by atoms with Crippen molar-refractivity contribution in [3.05, 3.63) is 70.8 Å². The summed E-state index contributed by atoms with van der Waals surface area (Å²) in [4.78, 5) is 30.7. The van der Waals surface area contributed by atoms with Crippen molar-refractivity contribution in [1.82, 2.24) is 15.1 Å². The molecule has 3 fully saturated rings. The maximum atomic E-state index is 13.3. The highest BCUT2D eigenvalue weighted by Crippen LogP contribution is 2.33. The van der Waals surface area contributed by atoms with E-state index in [-0.39, 0.29) is 17.9 Å². The van der Waals surface area contributed by atoms with Gasteiger partial charge in [0.15, 0.2) is 0 Å². The van der Waals surface area contributed by atoms with Crippen molar-refractivity contribution in [3.63, 3.8) is 0 Å². The van der Waals surface area contributed by atoms with Crippen molar-refractivity contribution >= 4 is 11.8 Å². The number of benzene rings is 2. The first-order valence-corrected chi connectivity index (χ1v) is 13.9. The molecule has 36 heavy (non-hydrogen) atoms. The number of hydrogen-bond acceptors (Lipinski definition) is 3. The Hall–Kier alpha value is -2.66. The van der Waals surface area contributed by atoms with Crippen LogP contribution in [0.15, 0.2) is 48.5 Å². The molecule has 5 rings (SSSR count). The molecular weight excluding hydrogens is 446 g/mol. The van der Waals surface area contributed by atoms with Gasteiger partial charge in [-0.25, -0.2) is 0 Å². The van der Waals surface area contributed by atoms with Gasteiger partial charge in [-0.05, 0) is 67.6 Å². The highest BCUT2D eigenvalue weighted by molar-refractivity contribution is 5.97. The van der Waals surface area contributed by atoms with E-state index in [1.54, 1.807) is 0 Å². The number of hydrogen-bond donors (Lipinski definition) is 1. The lowest BCUT2D eigenvalue weighted by atomic mass is 10.0. The summed E-state index contributed by atoms with van der Waals surface area (Å²) in [7, 11) is 0. The lowest BCUT2D eigenvalue weighted by Crippen LogP contribution is -2.36. The molecule has 1 aliphatic carbocycles. The van der Waals surface area contributed by atoms with E-state index < -0.39 is 0 Å². The molecule has 2 amide bonds. The Labute approximate surface area is 216 Å². The summed E-state index contributed by atoms with van der Waals surface area (Å²) in [6.45, 7) is 8.84. The van der Waals surface area contributed by atoms with Gasteiger partial charge >= 0.3 is 0 Å². The van der Waals surface area contributed by atoms with Gasteiger partial charge in [-0.3, -0.25) is 9.59 Å². The number of carbonyl (C=O) groups excluding carboxylic acids is 2. The van der Waals surface area contributed by atoms with E-state index >= 15 is 0 Å². The first kappa shape index (κ1) is 25.0. The molecule has 0 spiro atoms. The van der Waals surface area contributed by atoms with E-state index in [9.17, 15) is 9.59 Å². The first-order chi connectivity index (χ1) is 17.5. The van der Waals surface area contributed by atoms with Crippen molar-refractivity contribution in [1.29, 1.82) is 0 Å². The number of amides is 2. The number of nitrogens with zero attached hydrogens (tertiary/aromatic N) is 2. The lowest BCUT2D eigenvalue weighted by molar-refractivity contribution is -0.122. The molecule has 1 N–H and O–H groups in total. The zero-order valence-corrected chi connectivity index (χ0v) is 21.9. The van der Waals surface area contributed by atoms with Crippen LogP contribution in [0.1, 0.15) is 71.6 Å². The maximum Gasteiger partial charge on any atom is 0.254 e. The van der Waals surface area contributed by atoms with Gasteiger partial charge in [-0.2, -0.15) is 0 Å². The molecule has 0 radical (unpaired) electrons. The number of carbonyl (C=O) groups is 2. The van der Waals surface area contributed by atoms with Crippen molar-refractivity contribution in [2.75, 3.05) is 32.7 Å². The number of likely N-dealkylation sites (tertiary alicyclic amines) is 2. The van der Waals surface area contributed by atoms with E-state index in [0.29, 0.717) is 24.2 Å². The van der Waals surface area contributed by atoms with Crippen LogP contribution in [0.2, 0.25) is 0 Å². The third-order valence-corrected chi connectivity index (χ3v) is 8.76. The minimum absolute atomic E-state index is 0.0580. The Morgan fingerprint density at radius 2 is 1.53 bits per heavy atom. The smallest absolute Gasteiger partial charge is 0.254 e. The molecule has 2 saturated heterocycles. The van der Waals surface area contributed by atoms with Crippen molar-refractivity contribution in [2.45, 2.75) is 58.4 Å². The van der Waals surface area contributed by atoms with Gasteiger partial charge in [0, 0.05) is 44.7 Å². The van der Waals surface area contributed by atoms with Crippen molar-refractivity contribution < 1.29 is 9.59 Å². The Kier molecular flexibility index (Phi) is 7.76. The van der Waals surface area contributed by atoms with Crippen LogP contribution in [0.3, 0.4) is 0 Å². The summed E-state index contributed by atoms with van der Waals surface area (Å²) in [6, 6.07) is 16.6. The monoisotopic (exact) mass is 487 g/mol. The summed E-state index contributed by atoms with van der Waals surface area (Å²) in [5.41, 5.74) is 4.22. The van der Waals surface area contributed by atoms with Crippen LogP contribution in [0.5, 0.6) is 0 Å². The van der Waals surface area contributed by atoms with E-state index in [0.717, 1.165) is 55.8 Å². The topological polar surface area (TPSA) is 52.7 Å². The fraction of sp³-hybridized carbons (Fsp3) is 0.548. The molecule has 0 aromatic heterocycles. The minimum atomic E-state index is 0.0580. The Balaban J connectivity index is 1.15. The van der Waals surface area contributed by atoms with Crippen LogP contribution in [-0.4, -0.2) is 54.3 Å². The molecule has 192 valence electrons. The van der Waals surface area contributed by atoms with E-state index in [2.05, 4.69) is 39.4 Å². The van der Waals surface area contributed by atoms with E-state index in [1.807, 2.05) is 38.1 Å². The molecule has 2 heterocycles. The van der Waals surface area contributed by atoms with Gasteiger partial charge in [0.25, 0.3) is 5.91 Å². The third-order valence-electron chi connectivity index (χ3n) is 8.76. The highest BCUT2D eigenvalue weighted by Gasteiger charge is 2.42. The second kappa shape index (κ2) is 11.2. The average Bonchev–Trinajstić information content (AvgIpc) is 3.59. The second-order valence-electron chi connectivity index (χ2n) is 11.4. The Morgan fingerprint density at radius 3 is 2.17 bits per heavy atom. The average molecular weight is 488 g/mol. The van der Waals surface area contributed by atoms with Gasteiger partial charge in [0.05, 0.1) is 6.04 Å². The Morgan fingerprint density at radius 1 is 0.889 bits per heavy atom. The van der Waals surface area contributed by atoms with E-state index in [1.165, 1.54) is 31.2 Å². The predicted molar refractivity (Wildman–Crippen MR) is 144 cm³/mol. The van der Waals surface area contributed by atoms with Crippen LogP contribution < -0.4 is 5.32 Å². The maximum absolute atomic E-state index is 13.3. The lowest BCUT2D eigenvalue weighted by Gasteiger charge is -2.25. The van der Waals surface area contributed by atoms with Gasteiger partial charge < -0.3 is 15.1 Å². The van der Waals surface area contributed by atoms with Gasteiger partial charge in [0.1, 0.15) is 0 Å². The zero-order chi connectivity index (χ0) is 25.1. The summed E-state index contributed by atoms with van der Waals surface area (Å²) in [5, 5.41) is 3.37. The quantitative estimate of drug-likeness (QED) is 0.561. The molecular formula is C31H41N3O2. The first-order valence-electron chi connectivity index (χ1n) is 13.9. The van der Waals surface area contributed by atoms with E-state index in [4.69, 9.17) is 0 Å². The Bertz CT molecular complexity index is 1030. The van der Waals surface area contributed by atoms with Crippen molar-refractivity contribution in [2.24, 2.45) is 17.8 Å². The standard InChI is InChI=1S/C31H41N3O2/c1-22-9-8-10-23(2)30(22)31(36)34-20-26-18-33(19-27(26)21-34)16-15-28(25-13-4-3-5-14-25)32-29(35)17-24-11-6-7-12-24/h3-5,8-10,13-14,24,26-28H,6-7,11-12,15-21H2,1-2H3,(H,32,35)/t26?,27?,28-/m0/s1. The molecule has 3 atom stereocenters. The number of rotatable bonds is 8. The SMILES string of the molecule is Cc1cccc(C)c1C(=O)N1CC2CN(CC[C@H](NC(=O)CC3CCCC3)c3ccccc3)CC2C1. The number of fused-ring (bicyclic) bond motifs is 1. The summed E-state index contributed by atoms with van der Waals surface area (Å²) in [5.74, 6) is 2.06. The zero-order valence-electron chi connectivity index (χ0n) is 21.9. The van der Waals surface area contributed by atoms with Crippen molar-refractivity contribution in [3.8, 4) is 0 Å². The summed E-state index contributed by atoms with van der Waals surface area (Å²) >= 11 is 0. The predicted octanol–water partition coefficient (Wildman–Crippen LogP) is 5.14. The molecule has 1 saturated carbocycles. The van der Waals surface area contributed by atoms with Gasteiger partial charge in [0.2, 0.25) is 5.91 Å². The third kappa shape index (κ3) is 5.67. The molecule has 2 unspecified atom stereocenters. The molecule has 3 aliphatic rings. The molecule has 5 nitrogen and oxygen atoms in total. The molecule has 5 heteroatoms. The second-order valence-corrected chi connectivity index (χ2v) is 11.4. The molecule has 2 aromatic rings. The highest BCUT2D eigenvalue weighted by atomic mass is 16.2. The molecule has 2 aliphatic heterocycles. The number of nitrogens with one attached hydrogen (secondary N) is 1. The summed E-state index contributed by atoms with van der Waals surface area (Å²) in [6.07, 6.45) is 6.52. The van der Waals surface area contributed by atoms with Crippen LogP contribution >= 0.6 is 0 Å². The largest absolute Gasteiger partial charge is 0.349 e. The van der Waals surface area contributed by atoms with Crippen LogP contribution in [0.4, 0.5) is 0 Å². The molecule has 2 aromatic carbocycles. The van der Waals surface area contributed by atoms with Crippen LogP contribution in [0, 0.1) is 31.6 Å². The van der Waals surface area contributed by atoms with Gasteiger partial charge in [-0.15, -0.1) is 0 Å².